The highest BCUT2D eigenvalue weighted by Gasteiger charge is 2.27. The van der Waals surface area contributed by atoms with Crippen LogP contribution in [0.2, 0.25) is 0 Å². The Kier molecular flexibility index (Phi) is 5.93. The van der Waals surface area contributed by atoms with Crippen LogP contribution in [0.5, 0.6) is 23.0 Å². The molecule has 8 nitrogen and oxygen atoms in total. The molecule has 1 heterocycles. The molecule has 8 heteroatoms. The van der Waals surface area contributed by atoms with E-state index in [1.165, 1.54) is 26.4 Å². The first-order valence-corrected chi connectivity index (χ1v) is 9.02. The number of ketones is 1. The third kappa shape index (κ3) is 3.84. The van der Waals surface area contributed by atoms with E-state index < -0.39 is 5.97 Å². The molecule has 1 unspecified atom stereocenters. The second-order valence-electron chi connectivity index (χ2n) is 6.54. The summed E-state index contributed by atoms with van der Waals surface area (Å²) in [5.74, 6) is -0.180. The highest BCUT2D eigenvalue weighted by atomic mass is 16.7. The van der Waals surface area contributed by atoms with Crippen molar-refractivity contribution in [2.24, 2.45) is 0 Å². The van der Waals surface area contributed by atoms with Gasteiger partial charge in [0.2, 0.25) is 6.79 Å². The van der Waals surface area contributed by atoms with E-state index in [9.17, 15) is 14.7 Å². The minimum atomic E-state index is -1.27. The average Bonchev–Trinajstić information content (AvgIpc) is 3.18. The maximum absolute atomic E-state index is 13.1. The predicted octanol–water partition coefficient (Wildman–Crippen LogP) is 2.84. The molecular formula is C21H23NO7. The quantitative estimate of drug-likeness (QED) is 0.651. The monoisotopic (exact) mass is 401 g/mol. The first-order valence-electron chi connectivity index (χ1n) is 9.02. The van der Waals surface area contributed by atoms with Gasteiger partial charge in [-0.25, -0.2) is 4.79 Å². The number of carbonyl (C=O) groups excluding carboxylic acids is 1. The fourth-order valence-electron chi connectivity index (χ4n) is 3.35. The van der Waals surface area contributed by atoms with E-state index in [-0.39, 0.29) is 47.7 Å². The van der Waals surface area contributed by atoms with E-state index in [4.69, 9.17) is 18.9 Å². The van der Waals surface area contributed by atoms with Crippen LogP contribution in [0.4, 0.5) is 0 Å². The number of carbonyl (C=O) groups is 2. The minimum Gasteiger partial charge on any atom is -0.493 e. The molecule has 0 aromatic heterocycles. The second-order valence-corrected chi connectivity index (χ2v) is 6.54. The highest BCUT2D eigenvalue weighted by Crippen LogP contribution is 2.38. The summed E-state index contributed by atoms with van der Waals surface area (Å²) in [5, 5.41) is 12.8. The molecule has 2 aromatic carbocycles. The van der Waals surface area contributed by atoms with Crippen molar-refractivity contribution >= 4 is 11.8 Å². The molecule has 0 radical (unpaired) electrons. The first-order chi connectivity index (χ1) is 13.9. The van der Waals surface area contributed by atoms with Crippen molar-refractivity contribution < 1.29 is 33.6 Å². The zero-order valence-electron chi connectivity index (χ0n) is 16.7. The summed E-state index contributed by atoms with van der Waals surface area (Å²) < 4.78 is 21.2. The molecule has 29 heavy (non-hydrogen) atoms. The Morgan fingerprint density at radius 3 is 2.45 bits per heavy atom. The molecule has 154 valence electrons. The Hall–Kier alpha value is -3.26. The summed E-state index contributed by atoms with van der Waals surface area (Å²) in [6.45, 7) is 2.09. The van der Waals surface area contributed by atoms with Crippen molar-refractivity contribution in [2.45, 2.75) is 19.4 Å². The van der Waals surface area contributed by atoms with Crippen molar-refractivity contribution in [1.82, 2.24) is 5.32 Å². The molecule has 1 aliphatic rings. The van der Waals surface area contributed by atoms with Gasteiger partial charge in [0, 0.05) is 18.0 Å². The number of carboxylic acid groups (broad SMARTS) is 1. The molecule has 0 saturated heterocycles. The van der Waals surface area contributed by atoms with Gasteiger partial charge in [-0.15, -0.1) is 0 Å². The Morgan fingerprint density at radius 2 is 1.86 bits per heavy atom. The van der Waals surface area contributed by atoms with E-state index in [2.05, 4.69) is 5.32 Å². The number of nitrogens with one attached hydrogen (secondary N) is 1. The molecule has 0 saturated carbocycles. The normalized spacial score (nSPS) is 13.1. The molecule has 3 rings (SSSR count). The van der Waals surface area contributed by atoms with Gasteiger partial charge >= 0.3 is 5.97 Å². The fraction of sp³-hybridized carbons (Fsp3) is 0.333. The van der Waals surface area contributed by atoms with Crippen molar-refractivity contribution in [2.75, 3.05) is 28.1 Å². The molecule has 0 amide bonds. The molecule has 1 aliphatic heterocycles. The fourth-order valence-corrected chi connectivity index (χ4v) is 3.35. The Labute approximate surface area is 168 Å². The van der Waals surface area contributed by atoms with Crippen LogP contribution in [0.3, 0.4) is 0 Å². The largest absolute Gasteiger partial charge is 0.493 e. The minimum absolute atomic E-state index is 0.00619. The van der Waals surface area contributed by atoms with E-state index in [1.807, 2.05) is 20.0 Å². The number of carboxylic acids is 1. The lowest BCUT2D eigenvalue weighted by Crippen LogP contribution is -2.17. The van der Waals surface area contributed by atoms with Crippen molar-refractivity contribution in [1.29, 1.82) is 0 Å². The van der Waals surface area contributed by atoms with Gasteiger partial charge in [-0.2, -0.15) is 0 Å². The number of Topliss-reactive ketones (excluding diaryl/α,β-unsaturated/α-hetero) is 1. The van der Waals surface area contributed by atoms with Crippen molar-refractivity contribution in [3.8, 4) is 23.0 Å². The zero-order chi connectivity index (χ0) is 21.1. The van der Waals surface area contributed by atoms with Gasteiger partial charge < -0.3 is 29.4 Å². The molecule has 0 bridgehead atoms. The molecule has 2 N–H and O–H groups in total. The lowest BCUT2D eigenvalue weighted by atomic mass is 9.92. The highest BCUT2D eigenvalue weighted by molar-refractivity contribution is 6.08. The number of aromatic carboxylic acids is 1. The molecular weight excluding hydrogens is 378 g/mol. The summed E-state index contributed by atoms with van der Waals surface area (Å²) >= 11 is 0. The van der Waals surface area contributed by atoms with Crippen LogP contribution in [0.25, 0.3) is 0 Å². The van der Waals surface area contributed by atoms with Crippen LogP contribution in [0, 0.1) is 0 Å². The van der Waals surface area contributed by atoms with Crippen LogP contribution in [-0.4, -0.2) is 44.9 Å². The number of ether oxygens (including phenoxy) is 4. The van der Waals surface area contributed by atoms with Gasteiger partial charge in [-0.1, -0.05) is 0 Å². The molecule has 1 atom stereocenters. The van der Waals surface area contributed by atoms with Crippen molar-refractivity contribution in [3.63, 3.8) is 0 Å². The summed E-state index contributed by atoms with van der Waals surface area (Å²) in [5.41, 5.74) is 1.44. The second kappa shape index (κ2) is 8.40. The first kappa shape index (κ1) is 20.5. The smallest absolute Gasteiger partial charge is 0.340 e. The van der Waals surface area contributed by atoms with Gasteiger partial charge in [-0.3, -0.25) is 4.79 Å². The van der Waals surface area contributed by atoms with Gasteiger partial charge in [0.25, 0.3) is 0 Å². The van der Waals surface area contributed by atoms with Crippen LogP contribution >= 0.6 is 0 Å². The zero-order valence-corrected chi connectivity index (χ0v) is 16.7. The van der Waals surface area contributed by atoms with Crippen LogP contribution in [0.1, 0.15) is 44.8 Å². The van der Waals surface area contributed by atoms with E-state index in [1.54, 1.807) is 6.07 Å². The number of fused-ring (bicyclic) bond motifs is 1. The predicted molar refractivity (Wildman–Crippen MR) is 105 cm³/mol. The average molecular weight is 401 g/mol. The Morgan fingerprint density at radius 1 is 1.17 bits per heavy atom. The number of benzene rings is 2. The topological polar surface area (TPSA) is 103 Å². The summed E-state index contributed by atoms with van der Waals surface area (Å²) in [7, 11) is 4.56. The number of methoxy groups -OCH3 is 2. The van der Waals surface area contributed by atoms with Gasteiger partial charge in [0.05, 0.1) is 14.2 Å². The van der Waals surface area contributed by atoms with Crippen molar-refractivity contribution in [3.05, 3.63) is 46.5 Å². The maximum Gasteiger partial charge on any atom is 0.340 e. The van der Waals surface area contributed by atoms with E-state index in [0.717, 1.165) is 11.1 Å². The lowest BCUT2D eigenvalue weighted by Gasteiger charge is -2.18. The van der Waals surface area contributed by atoms with Gasteiger partial charge in [-0.05, 0) is 49.4 Å². The molecule has 0 spiro atoms. The molecule has 0 aliphatic carbocycles. The van der Waals surface area contributed by atoms with Crippen LogP contribution in [-0.2, 0) is 6.42 Å². The van der Waals surface area contributed by atoms with Crippen LogP contribution in [0.15, 0.2) is 24.3 Å². The number of rotatable bonds is 8. The maximum atomic E-state index is 13.1. The van der Waals surface area contributed by atoms with E-state index >= 15 is 0 Å². The van der Waals surface area contributed by atoms with Crippen LogP contribution < -0.4 is 24.3 Å². The number of hydrogen-bond donors (Lipinski definition) is 2. The summed E-state index contributed by atoms with van der Waals surface area (Å²) in [4.78, 5) is 25.0. The Balaban J connectivity index is 2.04. The molecule has 2 aromatic rings. The number of hydrogen-bond acceptors (Lipinski definition) is 7. The lowest BCUT2D eigenvalue weighted by molar-refractivity contribution is 0.0687. The third-order valence-corrected chi connectivity index (χ3v) is 4.94. The SMILES string of the molecule is CNC(C)c1cc2c(cc1CC(=O)c1ccc(OC)c(OC)c1C(=O)O)OCO2. The third-order valence-electron chi connectivity index (χ3n) is 4.94. The Bertz CT molecular complexity index is 955. The standard InChI is InChI=1S/C21H23NO7/c1-11(22-2)14-9-18-17(28-10-29-18)8-12(14)7-15(23)13-5-6-16(26-3)20(27-4)19(13)21(24)25/h5-6,8-9,11,22H,7,10H2,1-4H3,(H,24,25). The van der Waals surface area contributed by atoms with E-state index in [0.29, 0.717) is 11.5 Å². The van der Waals surface area contributed by atoms with Gasteiger partial charge in [0.1, 0.15) is 5.56 Å². The summed E-state index contributed by atoms with van der Waals surface area (Å²) in [6, 6.07) is 6.54. The molecule has 0 fully saturated rings. The van der Waals surface area contributed by atoms with Gasteiger partial charge in [0.15, 0.2) is 28.8 Å². The summed E-state index contributed by atoms with van der Waals surface area (Å²) in [6.07, 6.45) is -0.00619.